The number of urea groups is 1. The zero-order chi connectivity index (χ0) is 20.0. The number of aryl methyl sites for hydroxylation is 2. The average molecular weight is 407 g/mol. The number of amides is 2. The highest BCUT2D eigenvalue weighted by molar-refractivity contribution is 7.99. The van der Waals surface area contributed by atoms with E-state index in [0.717, 1.165) is 11.3 Å². The van der Waals surface area contributed by atoms with Gasteiger partial charge in [-0.15, -0.1) is 11.8 Å². The van der Waals surface area contributed by atoms with Gasteiger partial charge in [0, 0.05) is 23.4 Å². The van der Waals surface area contributed by atoms with Crippen molar-refractivity contribution in [2.75, 3.05) is 18.6 Å². The van der Waals surface area contributed by atoms with Crippen LogP contribution >= 0.6 is 11.8 Å². The van der Waals surface area contributed by atoms with Crippen LogP contribution in [0.5, 0.6) is 0 Å². The molecule has 146 valence electrons. The number of sulfone groups is 1. The number of thioether (sulfide) groups is 1. The Labute approximate surface area is 165 Å². The van der Waals surface area contributed by atoms with Gasteiger partial charge in [-0.2, -0.15) is 0 Å². The monoisotopic (exact) mass is 406 g/mol. The first-order chi connectivity index (χ1) is 12.7. The molecule has 2 N–H and O–H groups in total. The molecule has 0 saturated carbocycles. The highest BCUT2D eigenvalue weighted by Crippen LogP contribution is 2.20. The van der Waals surface area contributed by atoms with Crippen LogP contribution in [0.1, 0.15) is 29.7 Å². The van der Waals surface area contributed by atoms with Crippen molar-refractivity contribution in [2.24, 2.45) is 0 Å². The van der Waals surface area contributed by atoms with Crippen molar-refractivity contribution in [2.45, 2.75) is 36.6 Å². The number of hydrogen-bond donors (Lipinski definition) is 2. The topological polar surface area (TPSA) is 75.3 Å². The highest BCUT2D eigenvalue weighted by Gasteiger charge is 2.11. The molecule has 1 unspecified atom stereocenters. The molecule has 2 rings (SSSR count). The van der Waals surface area contributed by atoms with Gasteiger partial charge in [-0.3, -0.25) is 0 Å². The van der Waals surface area contributed by atoms with Gasteiger partial charge >= 0.3 is 6.03 Å². The minimum absolute atomic E-state index is 0.217. The normalized spacial score (nSPS) is 12.4. The lowest BCUT2D eigenvalue weighted by molar-refractivity contribution is 0.238. The first-order valence-electron chi connectivity index (χ1n) is 8.71. The lowest BCUT2D eigenvalue weighted by Gasteiger charge is -2.15. The molecule has 7 heteroatoms. The predicted octanol–water partition coefficient (Wildman–Crippen LogP) is 3.86. The molecule has 0 aromatic heterocycles. The fourth-order valence-electron chi connectivity index (χ4n) is 2.47. The molecular weight excluding hydrogens is 380 g/mol. The highest BCUT2D eigenvalue weighted by atomic mass is 32.2. The lowest BCUT2D eigenvalue weighted by Crippen LogP contribution is -2.38. The van der Waals surface area contributed by atoms with Crippen molar-refractivity contribution in [1.29, 1.82) is 0 Å². The van der Waals surface area contributed by atoms with Gasteiger partial charge in [0.15, 0.2) is 9.84 Å². The molecule has 2 amide bonds. The van der Waals surface area contributed by atoms with E-state index in [4.69, 9.17) is 0 Å². The van der Waals surface area contributed by atoms with Crippen LogP contribution < -0.4 is 10.6 Å². The van der Waals surface area contributed by atoms with Crippen LogP contribution in [0.4, 0.5) is 4.79 Å². The second-order valence-electron chi connectivity index (χ2n) is 6.56. The van der Waals surface area contributed by atoms with Gasteiger partial charge in [-0.25, -0.2) is 13.2 Å². The zero-order valence-electron chi connectivity index (χ0n) is 16.1. The van der Waals surface area contributed by atoms with Gasteiger partial charge < -0.3 is 10.6 Å². The second-order valence-corrected chi connectivity index (χ2v) is 9.74. The van der Waals surface area contributed by atoms with Gasteiger partial charge in [-0.1, -0.05) is 18.2 Å². The average Bonchev–Trinajstić information content (AvgIpc) is 2.61. The Hall–Kier alpha value is -1.99. The third-order valence-corrected chi connectivity index (χ3v) is 6.41. The third kappa shape index (κ3) is 6.59. The molecule has 27 heavy (non-hydrogen) atoms. The van der Waals surface area contributed by atoms with Gasteiger partial charge in [0.05, 0.1) is 10.9 Å². The van der Waals surface area contributed by atoms with Crippen LogP contribution in [-0.2, 0) is 9.84 Å². The summed E-state index contributed by atoms with van der Waals surface area (Å²) in [6.07, 6.45) is 1.17. The van der Waals surface area contributed by atoms with Crippen LogP contribution in [0.3, 0.4) is 0 Å². The van der Waals surface area contributed by atoms with Crippen molar-refractivity contribution < 1.29 is 13.2 Å². The smallest absolute Gasteiger partial charge is 0.315 e. The molecule has 0 fully saturated rings. The van der Waals surface area contributed by atoms with Gasteiger partial charge in [0.1, 0.15) is 0 Å². The van der Waals surface area contributed by atoms with Crippen molar-refractivity contribution in [3.8, 4) is 0 Å². The summed E-state index contributed by atoms with van der Waals surface area (Å²) < 4.78 is 23.0. The summed E-state index contributed by atoms with van der Waals surface area (Å²) in [7, 11) is -3.21. The Morgan fingerprint density at radius 1 is 1.07 bits per heavy atom. The molecule has 0 radical (unpaired) electrons. The molecule has 0 saturated heterocycles. The van der Waals surface area contributed by atoms with E-state index in [-0.39, 0.29) is 17.0 Å². The van der Waals surface area contributed by atoms with E-state index < -0.39 is 9.84 Å². The van der Waals surface area contributed by atoms with E-state index >= 15 is 0 Å². The van der Waals surface area contributed by atoms with Crippen LogP contribution in [0.15, 0.2) is 52.3 Å². The number of carbonyl (C=O) groups excluding carboxylic acids is 1. The predicted molar refractivity (Wildman–Crippen MR) is 111 cm³/mol. The van der Waals surface area contributed by atoms with Crippen LogP contribution in [0.25, 0.3) is 0 Å². The molecule has 2 aromatic carbocycles. The second kappa shape index (κ2) is 9.28. The molecule has 0 aliphatic heterocycles. The summed E-state index contributed by atoms with van der Waals surface area (Å²) in [4.78, 5) is 13.5. The Kier molecular flexibility index (Phi) is 7.33. The number of benzene rings is 2. The molecule has 1 atom stereocenters. The number of rotatable bonds is 7. The SMILES string of the molecule is Cc1ccc(SCCNC(=O)NC(C)c2ccc(S(C)(=O)=O)cc2)cc1C. The largest absolute Gasteiger partial charge is 0.337 e. The standard InChI is InChI=1S/C20H26N2O3S2/c1-14-5-8-18(13-15(14)2)26-12-11-21-20(23)22-16(3)17-6-9-19(10-7-17)27(4,24)25/h5-10,13,16H,11-12H2,1-4H3,(H2,21,22,23). The Morgan fingerprint density at radius 3 is 2.33 bits per heavy atom. The van der Waals surface area contributed by atoms with E-state index in [0.29, 0.717) is 6.54 Å². The summed E-state index contributed by atoms with van der Waals surface area (Å²) in [6.45, 7) is 6.60. The Bertz CT molecular complexity index is 894. The zero-order valence-corrected chi connectivity index (χ0v) is 17.7. The van der Waals surface area contributed by atoms with Crippen molar-refractivity contribution in [3.05, 3.63) is 59.2 Å². The summed E-state index contributed by atoms with van der Waals surface area (Å²) >= 11 is 1.71. The molecule has 0 aliphatic rings. The van der Waals surface area contributed by atoms with Crippen molar-refractivity contribution in [3.63, 3.8) is 0 Å². The van der Waals surface area contributed by atoms with Crippen molar-refractivity contribution in [1.82, 2.24) is 10.6 Å². The molecule has 0 aliphatic carbocycles. The van der Waals surface area contributed by atoms with Gasteiger partial charge in [0.2, 0.25) is 0 Å². The van der Waals surface area contributed by atoms with E-state index in [9.17, 15) is 13.2 Å². The fraction of sp³-hybridized carbons (Fsp3) is 0.350. The minimum Gasteiger partial charge on any atom is -0.337 e. The summed E-state index contributed by atoms with van der Waals surface area (Å²) in [6, 6.07) is 12.4. The summed E-state index contributed by atoms with van der Waals surface area (Å²) in [5.41, 5.74) is 3.39. The molecule has 0 bridgehead atoms. The molecule has 5 nitrogen and oxygen atoms in total. The molecule has 0 heterocycles. The van der Waals surface area contributed by atoms with Gasteiger partial charge in [-0.05, 0) is 61.7 Å². The quantitative estimate of drug-likeness (QED) is 0.541. The maximum absolute atomic E-state index is 12.0. The van der Waals surface area contributed by atoms with Crippen LogP contribution in [0.2, 0.25) is 0 Å². The van der Waals surface area contributed by atoms with Crippen LogP contribution in [-0.4, -0.2) is 33.0 Å². The maximum Gasteiger partial charge on any atom is 0.315 e. The number of hydrogen-bond acceptors (Lipinski definition) is 4. The molecule has 0 spiro atoms. The summed E-state index contributed by atoms with van der Waals surface area (Å²) in [5, 5.41) is 5.71. The van der Waals surface area contributed by atoms with Crippen molar-refractivity contribution >= 4 is 27.6 Å². The van der Waals surface area contributed by atoms with E-state index in [1.165, 1.54) is 22.3 Å². The third-order valence-electron chi connectivity index (χ3n) is 4.29. The van der Waals surface area contributed by atoms with E-state index in [1.807, 2.05) is 6.92 Å². The first kappa shape index (κ1) is 21.3. The molecule has 2 aromatic rings. The lowest BCUT2D eigenvalue weighted by atomic mass is 10.1. The van der Waals surface area contributed by atoms with Gasteiger partial charge in [0.25, 0.3) is 0 Å². The first-order valence-corrected chi connectivity index (χ1v) is 11.6. The Morgan fingerprint density at radius 2 is 1.74 bits per heavy atom. The number of carbonyl (C=O) groups is 1. The van der Waals surface area contributed by atoms with E-state index in [2.05, 4.69) is 42.7 Å². The number of nitrogens with one attached hydrogen (secondary N) is 2. The maximum atomic E-state index is 12.0. The van der Waals surface area contributed by atoms with E-state index in [1.54, 1.807) is 36.0 Å². The minimum atomic E-state index is -3.21. The van der Waals surface area contributed by atoms with Crippen LogP contribution in [0, 0.1) is 13.8 Å². The fourth-order valence-corrected chi connectivity index (χ4v) is 3.97. The Balaban J connectivity index is 1.77. The molecular formula is C20H26N2O3S2. The summed E-state index contributed by atoms with van der Waals surface area (Å²) in [5.74, 6) is 0.785.